The van der Waals surface area contributed by atoms with Gasteiger partial charge in [0.05, 0.1) is 80.7 Å². The molecule has 13 heteroatoms. The van der Waals surface area contributed by atoms with Crippen LogP contribution in [0.5, 0.6) is 0 Å². The summed E-state index contributed by atoms with van der Waals surface area (Å²) in [4.78, 5) is 16.5. The summed E-state index contributed by atoms with van der Waals surface area (Å²) in [6, 6.07) is 7.94. The van der Waals surface area contributed by atoms with Crippen LogP contribution in [0.4, 0.5) is 0 Å². The molecule has 4 nitrogen and oxygen atoms in total. The van der Waals surface area contributed by atoms with Crippen molar-refractivity contribution in [2.24, 2.45) is 0 Å². The molecule has 2 aliphatic rings. The molecule has 2 N–H and O–H groups in total. The molecule has 169 valence electrons. The molecular formula is C20H6Br8CoN4+2. The molecule has 0 atom stereocenters. The number of H-pyrrole nitrogens is 2. The Morgan fingerprint density at radius 3 is 0.848 bits per heavy atom. The van der Waals surface area contributed by atoms with Gasteiger partial charge in [0.15, 0.2) is 0 Å². The molecule has 5 rings (SSSR count). The number of nitrogens with zero attached hydrogens (tertiary/aromatic N) is 2. The normalized spacial score (nSPS) is 13.6. The van der Waals surface area contributed by atoms with E-state index in [9.17, 15) is 0 Å². The van der Waals surface area contributed by atoms with Crippen molar-refractivity contribution >= 4 is 167 Å². The molecule has 3 aromatic rings. The van der Waals surface area contributed by atoms with E-state index in [0.29, 0.717) is 0 Å². The zero-order valence-corrected chi connectivity index (χ0v) is 29.3. The Labute approximate surface area is 265 Å². The smallest absolute Gasteiger partial charge is 0.353 e. The van der Waals surface area contributed by atoms with Crippen LogP contribution in [0.15, 0.2) is 42.2 Å². The van der Waals surface area contributed by atoms with Gasteiger partial charge in [0.2, 0.25) is 0 Å². The largest absolute Gasteiger partial charge is 2.00 e. The summed E-state index contributed by atoms with van der Waals surface area (Å²) < 4.78 is 7.10. The van der Waals surface area contributed by atoms with Crippen LogP contribution in [0, 0.1) is 0 Å². The van der Waals surface area contributed by atoms with Gasteiger partial charge in [-0.15, -0.1) is 0 Å². The Kier molecular flexibility index (Phi) is 8.48. The molecule has 0 spiro atoms. The van der Waals surface area contributed by atoms with E-state index in [-0.39, 0.29) is 16.8 Å². The minimum absolute atomic E-state index is 0. The molecule has 0 amide bonds. The Hall–Kier alpha value is 0.946. The zero-order valence-electron chi connectivity index (χ0n) is 15.6. The monoisotopic (exact) mass is 992 g/mol. The third-order valence-corrected chi connectivity index (χ3v) is 13.4. The number of aromatic amines is 2. The number of halogens is 8. The van der Waals surface area contributed by atoms with E-state index >= 15 is 0 Å². The van der Waals surface area contributed by atoms with E-state index in [4.69, 9.17) is 9.97 Å². The van der Waals surface area contributed by atoms with Crippen LogP contribution < -0.4 is 0 Å². The van der Waals surface area contributed by atoms with Crippen LogP contribution in [0.25, 0.3) is 40.0 Å². The quantitative estimate of drug-likeness (QED) is 0.236. The third kappa shape index (κ3) is 4.82. The molecule has 0 aliphatic carbocycles. The maximum absolute atomic E-state index is 4.82. The topological polar surface area (TPSA) is 57.4 Å². The molecule has 2 aliphatic heterocycles. The second kappa shape index (κ2) is 10.4. The minimum atomic E-state index is 0. The van der Waals surface area contributed by atoms with Crippen molar-refractivity contribution in [3.8, 4) is 0 Å². The van der Waals surface area contributed by atoms with Crippen molar-refractivity contribution in [3.05, 3.63) is 64.9 Å². The van der Waals surface area contributed by atoms with E-state index in [1.54, 1.807) is 0 Å². The molecule has 5 heterocycles. The van der Waals surface area contributed by atoms with Crippen LogP contribution in [0.2, 0.25) is 0 Å². The van der Waals surface area contributed by atoms with E-state index < -0.39 is 0 Å². The molecule has 0 unspecified atom stereocenters. The maximum Gasteiger partial charge on any atom is 2.00 e. The Balaban J connectivity index is 0.00000259. The SMILES string of the molecule is BrC1=C(Br)c2cc3[nH]c(cc4nc(cc5[nH]c(cc1n2)c(Br)c5Br)C(Br)=C4Br)c(Br)c3Br.[Co+2]. The molecule has 0 fully saturated rings. The molecule has 33 heavy (non-hydrogen) atoms. The molecular weight excluding hydrogens is 994 g/mol. The van der Waals surface area contributed by atoms with Crippen molar-refractivity contribution in [2.75, 3.05) is 0 Å². The van der Waals surface area contributed by atoms with Crippen molar-refractivity contribution in [2.45, 2.75) is 0 Å². The molecule has 3 aromatic heterocycles. The fourth-order valence-corrected chi connectivity index (χ4v) is 6.55. The van der Waals surface area contributed by atoms with Crippen LogP contribution in [-0.4, -0.2) is 19.9 Å². The van der Waals surface area contributed by atoms with Gasteiger partial charge in [0.1, 0.15) is 0 Å². The van der Waals surface area contributed by atoms with Gasteiger partial charge in [-0.3, -0.25) is 0 Å². The van der Waals surface area contributed by atoms with Crippen molar-refractivity contribution in [1.29, 1.82) is 0 Å². The predicted molar refractivity (Wildman–Crippen MR) is 161 cm³/mol. The first kappa shape index (κ1) is 27.0. The molecule has 8 bridgehead atoms. The summed E-state index contributed by atoms with van der Waals surface area (Å²) in [5.74, 6) is 0. The Morgan fingerprint density at radius 1 is 0.424 bits per heavy atom. The summed E-state index contributed by atoms with van der Waals surface area (Å²) in [5, 5.41) is 0. The summed E-state index contributed by atoms with van der Waals surface area (Å²) in [6.07, 6.45) is 0. The van der Waals surface area contributed by atoms with E-state index in [0.717, 1.165) is 80.7 Å². The minimum Gasteiger partial charge on any atom is -0.353 e. The van der Waals surface area contributed by atoms with Gasteiger partial charge >= 0.3 is 16.8 Å². The summed E-state index contributed by atoms with van der Waals surface area (Å²) in [6.45, 7) is 0. The van der Waals surface area contributed by atoms with Crippen LogP contribution >= 0.6 is 127 Å². The summed E-state index contributed by atoms with van der Waals surface area (Å²) in [7, 11) is 0. The van der Waals surface area contributed by atoms with Gasteiger partial charge in [0, 0.05) is 0 Å². The Morgan fingerprint density at radius 2 is 0.636 bits per heavy atom. The first-order valence-corrected chi connectivity index (χ1v) is 15.1. The first-order chi connectivity index (χ1) is 15.2. The molecule has 0 saturated heterocycles. The van der Waals surface area contributed by atoms with Gasteiger partial charge < -0.3 is 9.97 Å². The molecule has 0 aromatic carbocycles. The maximum atomic E-state index is 4.82. The molecule has 1 radical (unpaired) electrons. The average molecular weight is 1000 g/mol. The van der Waals surface area contributed by atoms with Crippen LogP contribution in [-0.2, 0) is 16.8 Å². The van der Waals surface area contributed by atoms with E-state index in [1.165, 1.54) is 0 Å². The number of hydrogen-bond acceptors (Lipinski definition) is 2. The number of rotatable bonds is 0. The van der Waals surface area contributed by atoms with Gasteiger partial charge in [0.25, 0.3) is 0 Å². The number of fused-ring (bicyclic) bond motifs is 8. The summed E-state index contributed by atoms with van der Waals surface area (Å²) >= 11 is 29.4. The van der Waals surface area contributed by atoms with E-state index in [2.05, 4.69) is 137 Å². The number of aromatic nitrogens is 4. The molecule has 0 saturated carbocycles. The Bertz CT molecular complexity index is 1350. The van der Waals surface area contributed by atoms with E-state index in [1.807, 2.05) is 24.3 Å². The standard InChI is InChI=1S/C20H6Br8N4.Co/c21-13-5-1-6-14(22)16(24)8(30-6)3-10-18(26)20(28)12(32-10)4-11-19(27)17(25)9(31-11)2-7(29-5)15(13)23;/h1-4,29,32H;/q;+2. The van der Waals surface area contributed by atoms with Crippen LogP contribution in [0.3, 0.4) is 0 Å². The van der Waals surface area contributed by atoms with Gasteiger partial charge in [-0.05, 0) is 152 Å². The van der Waals surface area contributed by atoms with Crippen molar-refractivity contribution in [1.82, 2.24) is 19.9 Å². The fraction of sp³-hybridized carbons (Fsp3) is 0. The number of hydrogen-bond donors (Lipinski definition) is 2. The zero-order chi connectivity index (χ0) is 22.9. The van der Waals surface area contributed by atoms with Gasteiger partial charge in [-0.2, -0.15) is 0 Å². The van der Waals surface area contributed by atoms with Crippen molar-refractivity contribution in [3.63, 3.8) is 0 Å². The van der Waals surface area contributed by atoms with Gasteiger partial charge in [-0.1, -0.05) is 0 Å². The average Bonchev–Trinajstić information content (AvgIpc) is 3.37. The number of nitrogens with one attached hydrogen (secondary N) is 2. The summed E-state index contributed by atoms with van der Waals surface area (Å²) in [5.41, 5.74) is 6.70. The fourth-order valence-electron chi connectivity index (χ4n) is 3.22. The van der Waals surface area contributed by atoms with Crippen LogP contribution in [0.1, 0.15) is 22.8 Å². The second-order valence-electron chi connectivity index (χ2n) is 6.76. The first-order valence-electron chi connectivity index (χ1n) is 8.72. The third-order valence-electron chi connectivity index (χ3n) is 4.76. The second-order valence-corrected chi connectivity index (χ2v) is 13.1. The predicted octanol–water partition coefficient (Wildman–Crippen LogP) is 10.6. The van der Waals surface area contributed by atoms with Crippen molar-refractivity contribution < 1.29 is 16.8 Å². The van der Waals surface area contributed by atoms with Gasteiger partial charge in [-0.25, -0.2) is 9.97 Å².